The Morgan fingerprint density at radius 3 is 3.04 bits per heavy atom. The third-order valence-electron chi connectivity index (χ3n) is 5.30. The lowest BCUT2D eigenvalue weighted by atomic mass is 9.98. The minimum absolute atomic E-state index is 0.128. The zero-order chi connectivity index (χ0) is 17.2. The largest absolute Gasteiger partial charge is 0.377 e. The van der Waals surface area contributed by atoms with Crippen LogP contribution < -0.4 is 0 Å². The van der Waals surface area contributed by atoms with Crippen molar-refractivity contribution in [1.82, 2.24) is 19.9 Å². The first-order valence-electron chi connectivity index (χ1n) is 9.35. The Hall–Kier alpha value is -1.95. The lowest BCUT2D eigenvalue weighted by molar-refractivity contribution is -0.128. The Morgan fingerprint density at radius 2 is 2.32 bits per heavy atom. The van der Waals surface area contributed by atoms with Crippen molar-refractivity contribution in [2.24, 2.45) is 5.92 Å². The molecule has 0 saturated heterocycles. The van der Waals surface area contributed by atoms with Crippen molar-refractivity contribution >= 4 is 5.91 Å². The van der Waals surface area contributed by atoms with Crippen LogP contribution in [0.15, 0.2) is 24.3 Å². The molecule has 1 fully saturated rings. The van der Waals surface area contributed by atoms with E-state index in [9.17, 15) is 4.79 Å². The van der Waals surface area contributed by atoms with Gasteiger partial charge in [-0.2, -0.15) is 0 Å². The predicted molar refractivity (Wildman–Crippen MR) is 93.9 cm³/mol. The van der Waals surface area contributed by atoms with E-state index in [1.807, 2.05) is 4.90 Å². The zero-order valence-corrected chi connectivity index (χ0v) is 14.7. The van der Waals surface area contributed by atoms with E-state index in [1.54, 1.807) is 6.08 Å². The molecule has 1 aliphatic heterocycles. The maximum Gasteiger partial charge on any atom is 0.249 e. The van der Waals surface area contributed by atoms with E-state index >= 15 is 0 Å². The van der Waals surface area contributed by atoms with Crippen molar-refractivity contribution in [3.63, 3.8) is 0 Å². The number of ether oxygens (including phenoxy) is 1. The summed E-state index contributed by atoms with van der Waals surface area (Å²) >= 11 is 0. The number of rotatable bonds is 7. The van der Waals surface area contributed by atoms with E-state index in [0.29, 0.717) is 26.3 Å². The summed E-state index contributed by atoms with van der Waals surface area (Å²) in [6, 6.07) is 0. The van der Waals surface area contributed by atoms with Gasteiger partial charge in [-0.15, -0.1) is 11.7 Å². The van der Waals surface area contributed by atoms with Gasteiger partial charge in [0.25, 0.3) is 0 Å². The number of allylic oxidation sites excluding steroid dienone is 1. The quantitative estimate of drug-likeness (QED) is 0.564. The molecule has 0 spiro atoms. The van der Waals surface area contributed by atoms with Crippen LogP contribution >= 0.6 is 0 Å². The molecule has 1 atom stereocenters. The molecule has 6 heteroatoms. The third kappa shape index (κ3) is 3.54. The zero-order valence-electron chi connectivity index (χ0n) is 14.7. The van der Waals surface area contributed by atoms with Gasteiger partial charge in [-0.3, -0.25) is 4.79 Å². The van der Waals surface area contributed by atoms with Crippen LogP contribution in [-0.2, 0) is 22.6 Å². The molecule has 134 valence electrons. The van der Waals surface area contributed by atoms with E-state index in [0.717, 1.165) is 43.0 Å². The van der Waals surface area contributed by atoms with Gasteiger partial charge >= 0.3 is 0 Å². The van der Waals surface area contributed by atoms with Crippen LogP contribution in [0.25, 0.3) is 0 Å². The van der Waals surface area contributed by atoms with Gasteiger partial charge in [0.1, 0.15) is 5.69 Å². The van der Waals surface area contributed by atoms with Crippen molar-refractivity contribution < 1.29 is 9.53 Å². The smallest absolute Gasteiger partial charge is 0.249 e. The van der Waals surface area contributed by atoms with Crippen LogP contribution in [-0.4, -0.2) is 45.6 Å². The fraction of sp³-hybridized carbons (Fsp3) is 0.632. The Bertz CT molecular complexity index is 690. The van der Waals surface area contributed by atoms with E-state index in [-0.39, 0.29) is 11.8 Å². The van der Waals surface area contributed by atoms with Gasteiger partial charge in [0.15, 0.2) is 0 Å². The lowest BCUT2D eigenvalue weighted by Crippen LogP contribution is -2.41. The third-order valence-corrected chi connectivity index (χ3v) is 5.30. The molecule has 0 bridgehead atoms. The summed E-state index contributed by atoms with van der Waals surface area (Å²) in [7, 11) is 0. The normalized spacial score (nSPS) is 22.6. The fourth-order valence-corrected chi connectivity index (χ4v) is 3.84. The Labute approximate surface area is 148 Å². The number of fused-ring (bicyclic) bond motifs is 1. The molecular weight excluding hydrogens is 316 g/mol. The highest BCUT2D eigenvalue weighted by Crippen LogP contribution is 2.34. The molecule has 25 heavy (non-hydrogen) atoms. The highest BCUT2D eigenvalue weighted by Gasteiger charge is 2.35. The molecule has 6 nitrogen and oxygen atoms in total. The molecule has 1 aromatic heterocycles. The average molecular weight is 342 g/mol. The van der Waals surface area contributed by atoms with Crippen LogP contribution in [0.2, 0.25) is 0 Å². The summed E-state index contributed by atoms with van der Waals surface area (Å²) in [6.45, 7) is 6.99. The number of carbonyl (C=O) groups is 1. The monoisotopic (exact) mass is 342 g/mol. The molecule has 1 aromatic rings. The van der Waals surface area contributed by atoms with Gasteiger partial charge in [-0.1, -0.05) is 17.4 Å². The molecule has 4 rings (SSSR count). The van der Waals surface area contributed by atoms with Crippen LogP contribution in [0.3, 0.4) is 0 Å². The van der Waals surface area contributed by atoms with Crippen molar-refractivity contribution in [1.29, 1.82) is 0 Å². The number of hydrogen-bond donors (Lipinski definition) is 0. The summed E-state index contributed by atoms with van der Waals surface area (Å²) in [5, 5.41) is 8.79. The number of nitrogens with zero attached hydrogens (tertiary/aromatic N) is 4. The predicted octanol–water partition coefficient (Wildman–Crippen LogP) is 2.43. The van der Waals surface area contributed by atoms with E-state index in [2.05, 4.69) is 27.6 Å². The van der Waals surface area contributed by atoms with Gasteiger partial charge in [0.2, 0.25) is 5.91 Å². The minimum atomic E-state index is 0.128. The maximum atomic E-state index is 12.8. The molecule has 2 aliphatic carbocycles. The summed E-state index contributed by atoms with van der Waals surface area (Å²) in [5.74, 6) is 1.03. The van der Waals surface area contributed by atoms with Crippen molar-refractivity contribution in [3.8, 4) is 0 Å². The second-order valence-corrected chi connectivity index (χ2v) is 7.38. The molecule has 0 aromatic carbocycles. The van der Waals surface area contributed by atoms with Crippen molar-refractivity contribution in [2.45, 2.75) is 51.1 Å². The number of hydrogen-bond acceptors (Lipinski definition) is 4. The van der Waals surface area contributed by atoms with Crippen molar-refractivity contribution in [3.05, 3.63) is 35.7 Å². The molecule has 2 heterocycles. The summed E-state index contributed by atoms with van der Waals surface area (Å²) in [6.07, 6.45) is 9.41. The molecule has 0 N–H and O–H groups in total. The average Bonchev–Trinajstić information content (AvgIpc) is 3.10. The van der Waals surface area contributed by atoms with E-state index < -0.39 is 0 Å². The first-order chi connectivity index (χ1) is 12.3. The van der Waals surface area contributed by atoms with Gasteiger partial charge in [0, 0.05) is 24.6 Å². The topological polar surface area (TPSA) is 60.2 Å². The van der Waals surface area contributed by atoms with Gasteiger partial charge in [0.05, 0.1) is 25.5 Å². The van der Waals surface area contributed by atoms with Crippen LogP contribution in [0.1, 0.15) is 49.4 Å². The second kappa shape index (κ2) is 7.12. The first-order valence-corrected chi connectivity index (χ1v) is 9.35. The second-order valence-electron chi connectivity index (χ2n) is 7.38. The van der Waals surface area contributed by atoms with Crippen LogP contribution in [0, 0.1) is 5.92 Å². The lowest BCUT2D eigenvalue weighted by Gasteiger charge is -2.32. The molecular formula is C19H26N4O2. The van der Waals surface area contributed by atoms with Gasteiger partial charge < -0.3 is 9.64 Å². The van der Waals surface area contributed by atoms with E-state index in [1.165, 1.54) is 18.5 Å². The number of aromatic nitrogens is 3. The summed E-state index contributed by atoms with van der Waals surface area (Å²) < 4.78 is 7.80. The van der Waals surface area contributed by atoms with Crippen LogP contribution in [0.4, 0.5) is 0 Å². The summed E-state index contributed by atoms with van der Waals surface area (Å²) in [4.78, 5) is 14.8. The first kappa shape index (κ1) is 16.5. The molecule has 1 unspecified atom stereocenters. The van der Waals surface area contributed by atoms with Crippen molar-refractivity contribution in [2.75, 3.05) is 19.8 Å². The number of carbonyl (C=O) groups excluding carboxylic acids is 1. The summed E-state index contributed by atoms with van der Waals surface area (Å²) in [5.41, 5.74) is 3.06. The van der Waals surface area contributed by atoms with Crippen LogP contribution in [0.5, 0.6) is 0 Å². The molecule has 3 aliphatic rings. The maximum absolute atomic E-state index is 12.8. The van der Waals surface area contributed by atoms with Gasteiger partial charge in [-0.05, 0) is 38.0 Å². The SMILES string of the molecule is C=CCOCC1CN(C(=O)C2=CCCC2)Cc2nnn(CC3CC3)c21. The standard InChI is InChI=1S/C19H26N4O2/c1-2-9-25-13-16-11-22(19(24)15-5-3-4-6-15)12-17-18(16)23(21-20-17)10-14-7-8-14/h2,5,14,16H,1,3-4,6-13H2. The van der Waals surface area contributed by atoms with Gasteiger partial charge in [-0.25, -0.2) is 4.68 Å². The Balaban J connectivity index is 1.55. The van der Waals surface area contributed by atoms with E-state index in [4.69, 9.17) is 4.74 Å². The molecule has 0 radical (unpaired) electrons. The Morgan fingerprint density at radius 1 is 1.44 bits per heavy atom. The highest BCUT2D eigenvalue weighted by molar-refractivity contribution is 5.94. The highest BCUT2D eigenvalue weighted by atomic mass is 16.5. The number of amides is 1. The molecule has 1 saturated carbocycles. The molecule has 1 amide bonds. The fourth-order valence-electron chi connectivity index (χ4n) is 3.84. The minimum Gasteiger partial charge on any atom is -0.377 e. The Kier molecular flexibility index (Phi) is 4.70.